The third kappa shape index (κ3) is 0.910. The summed E-state index contributed by atoms with van der Waals surface area (Å²) in [5.74, 6) is 11.9. The van der Waals surface area contributed by atoms with Gasteiger partial charge in [-0.15, -0.1) is 0 Å². The van der Waals surface area contributed by atoms with E-state index in [0.717, 1.165) is 0 Å². The number of hydrogen-bond acceptors (Lipinski definition) is 0. The van der Waals surface area contributed by atoms with Gasteiger partial charge in [0.05, 0.1) is 0 Å². The van der Waals surface area contributed by atoms with Crippen LogP contribution in [0, 0.1) is 34.5 Å². The summed E-state index contributed by atoms with van der Waals surface area (Å²) in [4.78, 5) is 0. The maximum Gasteiger partial charge on any atom is 0.0428 e. The second kappa shape index (κ2) is 1.80. The third-order valence-corrected chi connectivity index (χ3v) is 2.38. The van der Waals surface area contributed by atoms with Crippen LogP contribution in [-0.2, 0) is 0 Å². The van der Waals surface area contributed by atoms with E-state index in [2.05, 4.69) is 51.4 Å². The van der Waals surface area contributed by atoms with Crippen molar-refractivity contribution in [3.05, 3.63) is 0 Å². The van der Waals surface area contributed by atoms with Crippen molar-refractivity contribution in [2.75, 3.05) is 0 Å². The summed E-state index contributed by atoms with van der Waals surface area (Å²) in [5, 5.41) is 0. The minimum atomic E-state index is 0.0399. The van der Waals surface area contributed by atoms with Crippen LogP contribution >= 0.6 is 0 Å². The van der Waals surface area contributed by atoms with E-state index < -0.39 is 0 Å². The van der Waals surface area contributed by atoms with E-state index in [1.54, 1.807) is 0 Å². The van der Waals surface area contributed by atoms with Crippen LogP contribution < -0.4 is 0 Å². The fourth-order valence-electron chi connectivity index (χ4n) is 0.688. The van der Waals surface area contributed by atoms with Gasteiger partial charge in [-0.2, -0.15) is 0 Å². The molecule has 1 aliphatic rings. The first-order valence-electron chi connectivity index (χ1n) is 3.50. The van der Waals surface area contributed by atoms with Crippen molar-refractivity contribution in [3.8, 4) is 23.7 Å². The molecule has 0 saturated heterocycles. The highest BCUT2D eigenvalue weighted by Gasteiger charge is 2.34. The second-order valence-electron chi connectivity index (χ2n) is 3.75. The van der Waals surface area contributed by atoms with Crippen molar-refractivity contribution in [3.63, 3.8) is 0 Å². The van der Waals surface area contributed by atoms with Gasteiger partial charge in [-0.25, -0.2) is 0 Å². The van der Waals surface area contributed by atoms with E-state index in [1.165, 1.54) is 0 Å². The Balaban J connectivity index is 3.07. The topological polar surface area (TPSA) is 0 Å². The van der Waals surface area contributed by atoms with Crippen molar-refractivity contribution in [1.82, 2.24) is 0 Å². The molecule has 0 heteroatoms. The Morgan fingerprint density at radius 2 is 1.00 bits per heavy atom. The molecule has 0 nitrogen and oxygen atoms in total. The molecule has 0 unspecified atom stereocenters. The van der Waals surface area contributed by atoms with Crippen molar-refractivity contribution >= 4 is 0 Å². The molecule has 0 bridgehead atoms. The lowest BCUT2D eigenvalue weighted by molar-refractivity contribution is 0.258. The molecule has 52 valence electrons. The molecule has 0 saturated carbocycles. The molecule has 0 spiro atoms. The highest BCUT2D eigenvalue weighted by atomic mass is 14.4. The fraction of sp³-hybridized carbons (Fsp3) is 0.600. The van der Waals surface area contributed by atoms with Gasteiger partial charge in [0.1, 0.15) is 0 Å². The van der Waals surface area contributed by atoms with Gasteiger partial charge < -0.3 is 0 Å². The van der Waals surface area contributed by atoms with Crippen LogP contribution in [0.25, 0.3) is 0 Å². The molecule has 0 radical (unpaired) electrons. The Morgan fingerprint density at radius 3 is 1.20 bits per heavy atom. The summed E-state index contributed by atoms with van der Waals surface area (Å²) in [6.45, 7) is 8.53. The van der Waals surface area contributed by atoms with Gasteiger partial charge in [0.2, 0.25) is 0 Å². The van der Waals surface area contributed by atoms with Crippen LogP contribution in [0.2, 0.25) is 0 Å². The zero-order valence-electron chi connectivity index (χ0n) is 7.00. The van der Waals surface area contributed by atoms with Crippen LogP contribution in [0.15, 0.2) is 0 Å². The minimum Gasteiger partial charge on any atom is -0.0813 e. The van der Waals surface area contributed by atoms with Crippen molar-refractivity contribution in [1.29, 1.82) is 0 Å². The molecule has 0 aromatic carbocycles. The van der Waals surface area contributed by atoms with E-state index in [9.17, 15) is 0 Å². The van der Waals surface area contributed by atoms with Crippen LogP contribution in [0.3, 0.4) is 0 Å². The van der Waals surface area contributed by atoms with Gasteiger partial charge in [-0.1, -0.05) is 11.8 Å². The van der Waals surface area contributed by atoms with Crippen LogP contribution in [0.5, 0.6) is 0 Å². The summed E-state index contributed by atoms with van der Waals surface area (Å²) in [6, 6.07) is 0. The molecule has 0 aromatic heterocycles. The lowest BCUT2D eigenvalue weighted by Gasteiger charge is -2.33. The second-order valence-corrected chi connectivity index (χ2v) is 3.75. The molecule has 0 atom stereocenters. The first-order valence-corrected chi connectivity index (χ1v) is 3.50. The Morgan fingerprint density at radius 1 is 0.700 bits per heavy atom. The normalized spacial score (nSPS) is 23.6. The van der Waals surface area contributed by atoms with Crippen LogP contribution in [0.1, 0.15) is 27.7 Å². The van der Waals surface area contributed by atoms with Gasteiger partial charge >= 0.3 is 0 Å². The largest absolute Gasteiger partial charge is 0.0813 e. The van der Waals surface area contributed by atoms with E-state index >= 15 is 0 Å². The summed E-state index contributed by atoms with van der Waals surface area (Å²) in [5.41, 5.74) is 0.0799. The van der Waals surface area contributed by atoms with E-state index in [4.69, 9.17) is 0 Å². The lowest BCUT2D eigenvalue weighted by atomic mass is 9.68. The molecule has 0 amide bonds. The van der Waals surface area contributed by atoms with Crippen LogP contribution in [-0.4, -0.2) is 0 Å². The zero-order chi connectivity index (χ0) is 7.83. The maximum atomic E-state index is 3.12. The Kier molecular flexibility index (Phi) is 1.30. The lowest BCUT2D eigenvalue weighted by Crippen LogP contribution is -2.30. The first-order chi connectivity index (χ1) is 4.46. The van der Waals surface area contributed by atoms with Crippen molar-refractivity contribution < 1.29 is 0 Å². The minimum absolute atomic E-state index is 0.0399. The predicted molar refractivity (Wildman–Crippen MR) is 43.1 cm³/mol. The monoisotopic (exact) mass is 132 g/mol. The molecule has 10 heavy (non-hydrogen) atoms. The number of rotatable bonds is 0. The van der Waals surface area contributed by atoms with Crippen molar-refractivity contribution in [2.24, 2.45) is 10.8 Å². The van der Waals surface area contributed by atoms with Gasteiger partial charge in [0.25, 0.3) is 0 Å². The molecule has 0 fully saturated rings. The average Bonchev–Trinajstić information content (AvgIpc) is 1.77. The Labute approximate surface area is 63.0 Å². The van der Waals surface area contributed by atoms with Crippen LogP contribution in [0.4, 0.5) is 0 Å². The SMILES string of the molecule is CC1(C)C#CC#CC1(C)C. The van der Waals surface area contributed by atoms with Gasteiger partial charge in [0.15, 0.2) is 0 Å². The van der Waals surface area contributed by atoms with Gasteiger partial charge in [-0.05, 0) is 39.5 Å². The molecule has 1 rings (SSSR count). The summed E-state index contributed by atoms with van der Waals surface area (Å²) >= 11 is 0. The average molecular weight is 132 g/mol. The van der Waals surface area contributed by atoms with Gasteiger partial charge in [0, 0.05) is 10.8 Å². The molecule has 0 aromatic rings. The molecule has 0 aliphatic heterocycles. The Hall–Kier alpha value is -0.880. The van der Waals surface area contributed by atoms with E-state index in [-0.39, 0.29) is 10.8 Å². The first kappa shape index (κ1) is 7.23. The molecular weight excluding hydrogens is 120 g/mol. The molecule has 0 heterocycles. The number of hydrogen-bond donors (Lipinski definition) is 0. The predicted octanol–water partition coefficient (Wildman–Crippen LogP) is 2.06. The Bertz CT molecular complexity index is 228. The van der Waals surface area contributed by atoms with E-state index in [1.807, 2.05) is 0 Å². The fourth-order valence-corrected chi connectivity index (χ4v) is 0.688. The standard InChI is InChI=1S/C10H12/c1-9(2)7-5-6-8-10(9,3)4/h1-4H3. The van der Waals surface area contributed by atoms with Gasteiger partial charge in [-0.3, -0.25) is 0 Å². The van der Waals surface area contributed by atoms with E-state index in [0.29, 0.717) is 0 Å². The molecular formula is C10H12. The molecule has 0 N–H and O–H groups in total. The summed E-state index contributed by atoms with van der Waals surface area (Å²) in [6.07, 6.45) is 0. The molecule has 1 aliphatic carbocycles. The third-order valence-electron chi connectivity index (χ3n) is 2.38. The van der Waals surface area contributed by atoms with Crippen molar-refractivity contribution in [2.45, 2.75) is 27.7 Å². The zero-order valence-corrected chi connectivity index (χ0v) is 7.00. The highest BCUT2D eigenvalue weighted by Crippen LogP contribution is 2.37. The summed E-state index contributed by atoms with van der Waals surface area (Å²) in [7, 11) is 0. The maximum absolute atomic E-state index is 3.12. The highest BCUT2D eigenvalue weighted by molar-refractivity contribution is 5.38. The quantitative estimate of drug-likeness (QED) is 0.442. The smallest absolute Gasteiger partial charge is 0.0428 e. The summed E-state index contributed by atoms with van der Waals surface area (Å²) < 4.78 is 0.